The molecular weight excluding hydrogens is 144 g/mol. The first kappa shape index (κ1) is 11.3. The van der Waals surface area contributed by atoms with Gasteiger partial charge in [-0.1, -0.05) is 51.0 Å². The first-order valence-electron chi connectivity index (χ1n) is 4.91. The molecule has 0 aromatic rings. The monoisotopic (exact) mass is 164 g/mol. The van der Waals surface area contributed by atoms with Gasteiger partial charge in [0.2, 0.25) is 0 Å². The van der Waals surface area contributed by atoms with Gasteiger partial charge in [0.05, 0.1) is 0 Å². The average molecular weight is 164 g/mol. The van der Waals surface area contributed by atoms with Crippen LogP contribution < -0.4 is 0 Å². The normalized spacial score (nSPS) is 8.83. The molecule has 0 fully saturated rings. The van der Waals surface area contributed by atoms with Crippen LogP contribution in [-0.2, 0) is 0 Å². The third-order valence-corrected chi connectivity index (χ3v) is 1.71. The van der Waals surface area contributed by atoms with E-state index in [9.17, 15) is 0 Å². The van der Waals surface area contributed by atoms with Crippen molar-refractivity contribution in [1.29, 1.82) is 0 Å². The standard InChI is InChI=1S/C12H20/c1-4-5-6-7-8-9-10-11-12(2)3/h2,4-9H2,1,3H3. The maximum Gasteiger partial charge on any atom is 0.00923 e. The molecule has 0 saturated carbocycles. The zero-order chi connectivity index (χ0) is 9.23. The Labute approximate surface area is 77.1 Å². The van der Waals surface area contributed by atoms with Gasteiger partial charge in [0, 0.05) is 6.42 Å². The molecule has 0 aliphatic heterocycles. The Morgan fingerprint density at radius 3 is 2.42 bits per heavy atom. The number of rotatable bonds is 5. The molecule has 0 nitrogen and oxygen atoms in total. The topological polar surface area (TPSA) is 0 Å². The highest BCUT2D eigenvalue weighted by atomic mass is 13.9. The highest BCUT2D eigenvalue weighted by molar-refractivity contribution is 5.22. The second kappa shape index (κ2) is 8.40. The fourth-order valence-electron chi connectivity index (χ4n) is 1.03. The predicted octanol–water partition coefficient (Wildman–Crippen LogP) is 3.93. The molecule has 0 aromatic heterocycles. The molecule has 0 N–H and O–H groups in total. The van der Waals surface area contributed by atoms with Crippen molar-refractivity contribution < 1.29 is 0 Å². The van der Waals surface area contributed by atoms with Gasteiger partial charge in [-0.15, -0.1) is 0 Å². The minimum atomic E-state index is 0.976. The van der Waals surface area contributed by atoms with Gasteiger partial charge < -0.3 is 0 Å². The molecule has 0 atom stereocenters. The molecule has 0 spiro atoms. The highest BCUT2D eigenvalue weighted by Gasteiger charge is 1.85. The van der Waals surface area contributed by atoms with E-state index in [0.717, 1.165) is 12.0 Å². The van der Waals surface area contributed by atoms with E-state index in [-0.39, 0.29) is 0 Å². The maximum absolute atomic E-state index is 3.73. The summed E-state index contributed by atoms with van der Waals surface area (Å²) >= 11 is 0. The molecule has 0 rings (SSSR count). The van der Waals surface area contributed by atoms with E-state index in [2.05, 4.69) is 25.3 Å². The van der Waals surface area contributed by atoms with Crippen molar-refractivity contribution in [3.05, 3.63) is 12.2 Å². The van der Waals surface area contributed by atoms with Gasteiger partial charge in [0.25, 0.3) is 0 Å². The summed E-state index contributed by atoms with van der Waals surface area (Å²) in [5.74, 6) is 6.10. The SMILES string of the molecule is C=C(C)C#CCCCCCCC. The van der Waals surface area contributed by atoms with E-state index in [4.69, 9.17) is 0 Å². The first-order chi connectivity index (χ1) is 5.77. The lowest BCUT2D eigenvalue weighted by Gasteiger charge is -1.94. The minimum Gasteiger partial charge on any atom is -0.0983 e. The number of hydrogen-bond acceptors (Lipinski definition) is 0. The molecule has 0 aliphatic carbocycles. The van der Waals surface area contributed by atoms with Crippen LogP contribution in [0.15, 0.2) is 12.2 Å². The lowest BCUT2D eigenvalue weighted by molar-refractivity contribution is 0.641. The van der Waals surface area contributed by atoms with Crippen molar-refractivity contribution in [3.63, 3.8) is 0 Å². The van der Waals surface area contributed by atoms with Crippen molar-refractivity contribution in [1.82, 2.24) is 0 Å². The van der Waals surface area contributed by atoms with Crippen molar-refractivity contribution in [2.75, 3.05) is 0 Å². The van der Waals surface area contributed by atoms with Gasteiger partial charge in [-0.25, -0.2) is 0 Å². The fourth-order valence-corrected chi connectivity index (χ4v) is 1.03. The van der Waals surface area contributed by atoms with E-state index in [1.54, 1.807) is 0 Å². The zero-order valence-corrected chi connectivity index (χ0v) is 8.45. The Morgan fingerprint density at radius 1 is 1.17 bits per heavy atom. The van der Waals surface area contributed by atoms with E-state index >= 15 is 0 Å². The summed E-state index contributed by atoms with van der Waals surface area (Å²) in [6.45, 7) is 7.91. The Morgan fingerprint density at radius 2 is 1.83 bits per heavy atom. The molecule has 0 amide bonds. The quantitative estimate of drug-likeness (QED) is 0.426. The third-order valence-electron chi connectivity index (χ3n) is 1.71. The van der Waals surface area contributed by atoms with E-state index in [0.29, 0.717) is 0 Å². The molecule has 0 saturated heterocycles. The van der Waals surface area contributed by atoms with Gasteiger partial charge >= 0.3 is 0 Å². The minimum absolute atomic E-state index is 0.976. The molecule has 0 aromatic carbocycles. The molecule has 0 aliphatic rings. The number of unbranched alkanes of at least 4 members (excludes halogenated alkanes) is 5. The molecule has 0 radical (unpaired) electrons. The Hall–Kier alpha value is -0.700. The van der Waals surface area contributed by atoms with Gasteiger partial charge in [-0.05, 0) is 18.9 Å². The van der Waals surface area contributed by atoms with E-state index in [1.807, 2.05) is 6.92 Å². The summed E-state index contributed by atoms with van der Waals surface area (Å²) < 4.78 is 0. The molecule has 68 valence electrons. The predicted molar refractivity (Wildman–Crippen MR) is 56.0 cm³/mol. The molecular formula is C12H20. The van der Waals surface area contributed by atoms with Crippen LogP contribution in [0.25, 0.3) is 0 Å². The third kappa shape index (κ3) is 9.30. The number of allylic oxidation sites excluding steroid dienone is 1. The van der Waals surface area contributed by atoms with Gasteiger partial charge in [-0.3, -0.25) is 0 Å². The summed E-state index contributed by atoms with van der Waals surface area (Å²) in [5.41, 5.74) is 0.976. The van der Waals surface area contributed by atoms with Gasteiger partial charge in [0.15, 0.2) is 0 Å². The van der Waals surface area contributed by atoms with Crippen molar-refractivity contribution in [3.8, 4) is 11.8 Å². The Balaban J connectivity index is 3.12. The van der Waals surface area contributed by atoms with Gasteiger partial charge in [0.1, 0.15) is 0 Å². The maximum atomic E-state index is 3.73. The summed E-state index contributed by atoms with van der Waals surface area (Å²) in [7, 11) is 0. The Kier molecular flexibility index (Phi) is 7.91. The lowest BCUT2D eigenvalue weighted by atomic mass is 10.1. The van der Waals surface area contributed by atoms with E-state index in [1.165, 1.54) is 32.1 Å². The second-order valence-corrected chi connectivity index (χ2v) is 3.25. The summed E-state index contributed by atoms with van der Waals surface area (Å²) in [6, 6.07) is 0. The van der Waals surface area contributed by atoms with Gasteiger partial charge in [-0.2, -0.15) is 0 Å². The highest BCUT2D eigenvalue weighted by Crippen LogP contribution is 2.03. The van der Waals surface area contributed by atoms with Crippen LogP contribution in [0.2, 0.25) is 0 Å². The zero-order valence-electron chi connectivity index (χ0n) is 8.45. The smallest absolute Gasteiger partial charge is 0.00923 e. The molecule has 0 unspecified atom stereocenters. The van der Waals surface area contributed by atoms with Crippen LogP contribution in [-0.4, -0.2) is 0 Å². The van der Waals surface area contributed by atoms with Crippen LogP contribution >= 0.6 is 0 Å². The fraction of sp³-hybridized carbons (Fsp3) is 0.667. The summed E-state index contributed by atoms with van der Waals surface area (Å²) in [4.78, 5) is 0. The molecule has 0 heterocycles. The van der Waals surface area contributed by atoms with Crippen molar-refractivity contribution >= 4 is 0 Å². The summed E-state index contributed by atoms with van der Waals surface area (Å²) in [5, 5.41) is 0. The first-order valence-corrected chi connectivity index (χ1v) is 4.91. The van der Waals surface area contributed by atoms with Crippen LogP contribution in [0.4, 0.5) is 0 Å². The molecule has 12 heavy (non-hydrogen) atoms. The second-order valence-electron chi connectivity index (χ2n) is 3.25. The van der Waals surface area contributed by atoms with Crippen LogP contribution in [0.3, 0.4) is 0 Å². The lowest BCUT2D eigenvalue weighted by Crippen LogP contribution is -1.76. The molecule has 0 bridgehead atoms. The van der Waals surface area contributed by atoms with Crippen LogP contribution in [0, 0.1) is 11.8 Å². The summed E-state index contributed by atoms with van der Waals surface area (Å²) in [6.07, 6.45) is 7.67. The average Bonchev–Trinajstić information content (AvgIpc) is 2.02. The van der Waals surface area contributed by atoms with Crippen LogP contribution in [0.5, 0.6) is 0 Å². The van der Waals surface area contributed by atoms with Crippen LogP contribution in [0.1, 0.15) is 52.4 Å². The largest absolute Gasteiger partial charge is 0.0983 e. The Bertz CT molecular complexity index is 166. The molecule has 0 heteroatoms. The van der Waals surface area contributed by atoms with Crippen molar-refractivity contribution in [2.24, 2.45) is 0 Å². The number of hydrogen-bond donors (Lipinski definition) is 0. The van der Waals surface area contributed by atoms with Crippen molar-refractivity contribution in [2.45, 2.75) is 52.4 Å². The van der Waals surface area contributed by atoms with E-state index < -0.39 is 0 Å².